The molecular formula is C72H76N8O20. The number of hydrogen-bond donors (Lipinski definition) is 7. The number of rotatable bonds is 30. The van der Waals surface area contributed by atoms with E-state index in [1.54, 1.807) is 53.6 Å². The Kier molecular flexibility index (Phi) is 22.6. The molecule has 5 aromatic carbocycles. The lowest BCUT2D eigenvalue weighted by molar-refractivity contribution is -0.271. The van der Waals surface area contributed by atoms with Gasteiger partial charge in [-0.25, -0.2) is 9.59 Å². The van der Waals surface area contributed by atoms with Gasteiger partial charge in [-0.05, 0) is 102 Å². The lowest BCUT2D eigenvalue weighted by Gasteiger charge is -2.38. The molecule has 28 heteroatoms. The second kappa shape index (κ2) is 32.2. The van der Waals surface area contributed by atoms with Crippen LogP contribution in [0, 0.1) is 0 Å². The van der Waals surface area contributed by atoms with Crippen LogP contribution in [0.15, 0.2) is 126 Å². The highest BCUT2D eigenvalue weighted by atomic mass is 16.7. The molecule has 1 fully saturated rings. The summed E-state index contributed by atoms with van der Waals surface area (Å²) in [6.07, 6.45) is 3.90. The van der Waals surface area contributed by atoms with Crippen molar-refractivity contribution >= 4 is 88.1 Å². The van der Waals surface area contributed by atoms with Gasteiger partial charge in [0.25, 0.3) is 23.6 Å². The Morgan fingerprint density at radius 2 is 1.16 bits per heavy atom. The van der Waals surface area contributed by atoms with Crippen molar-refractivity contribution in [1.82, 2.24) is 25.3 Å². The predicted octanol–water partition coefficient (Wildman–Crippen LogP) is 6.91. The normalized spacial score (nSPS) is 20.3. The molecule has 7 atom stereocenters. The lowest BCUT2D eigenvalue weighted by atomic mass is 9.99. The number of ether oxygens (including phenoxy) is 8. The monoisotopic (exact) mass is 1370 g/mol. The Balaban J connectivity index is 0.627. The van der Waals surface area contributed by atoms with Crippen LogP contribution in [-0.4, -0.2) is 185 Å². The van der Waals surface area contributed by atoms with E-state index in [9.17, 15) is 58.8 Å². The van der Waals surface area contributed by atoms with Gasteiger partial charge < -0.3 is 84.1 Å². The molecule has 5 aromatic rings. The van der Waals surface area contributed by atoms with Crippen LogP contribution in [0.2, 0.25) is 0 Å². The van der Waals surface area contributed by atoms with Crippen molar-refractivity contribution in [2.75, 3.05) is 52.9 Å². The Morgan fingerprint density at radius 1 is 0.590 bits per heavy atom. The molecule has 6 aliphatic rings. The minimum Gasteiger partial charge on any atom is -0.497 e. The molecule has 1 saturated heterocycles. The fourth-order valence-corrected chi connectivity index (χ4v) is 12.0. The molecule has 7 amide bonds. The molecule has 0 aliphatic carbocycles. The third-order valence-electron chi connectivity index (χ3n) is 17.6. The Bertz CT molecular complexity index is 4080. The van der Waals surface area contributed by atoms with Crippen LogP contribution < -0.4 is 44.4 Å². The molecule has 6 heterocycles. The Hall–Kier alpha value is -10.9. The minimum absolute atomic E-state index is 0.0424. The number of aliphatic hydroxyl groups is 3. The van der Waals surface area contributed by atoms with Gasteiger partial charge in [0.05, 0.1) is 74.8 Å². The van der Waals surface area contributed by atoms with E-state index in [1.165, 1.54) is 44.6 Å². The summed E-state index contributed by atoms with van der Waals surface area (Å²) in [7, 11) is 4.67. The fraction of sp³-hybridized carbons (Fsp3) is 0.361. The molecule has 524 valence electrons. The van der Waals surface area contributed by atoms with Gasteiger partial charge >= 0.3 is 12.1 Å². The summed E-state index contributed by atoms with van der Waals surface area (Å²) in [5, 5.41) is 48.9. The number of aliphatic hydroxyl groups excluding tert-OH is 3. The summed E-state index contributed by atoms with van der Waals surface area (Å²) in [6.45, 7) is 0.671. The van der Waals surface area contributed by atoms with Gasteiger partial charge in [0, 0.05) is 94.4 Å². The van der Waals surface area contributed by atoms with E-state index in [2.05, 4.69) is 16.0 Å². The van der Waals surface area contributed by atoms with Crippen molar-refractivity contribution in [2.24, 2.45) is 9.98 Å². The summed E-state index contributed by atoms with van der Waals surface area (Å²) in [5.41, 5.74) is 6.53. The first kappa shape index (κ1) is 70.4. The smallest absolute Gasteiger partial charge is 0.407 e. The van der Waals surface area contributed by atoms with Crippen LogP contribution >= 0.6 is 0 Å². The van der Waals surface area contributed by atoms with E-state index in [0.29, 0.717) is 109 Å². The number of amides is 7. The predicted molar refractivity (Wildman–Crippen MR) is 361 cm³/mol. The van der Waals surface area contributed by atoms with Crippen molar-refractivity contribution < 1.29 is 96.7 Å². The summed E-state index contributed by atoms with van der Waals surface area (Å²) >= 11 is 0. The van der Waals surface area contributed by atoms with Crippen molar-refractivity contribution in [1.29, 1.82) is 0 Å². The highest BCUT2D eigenvalue weighted by Crippen LogP contribution is 2.43. The van der Waals surface area contributed by atoms with Crippen molar-refractivity contribution in [3.8, 4) is 34.5 Å². The van der Waals surface area contributed by atoms with Crippen LogP contribution in [0.1, 0.15) is 107 Å². The number of methoxy groups -OCH3 is 3. The van der Waals surface area contributed by atoms with E-state index in [-0.39, 0.29) is 92.1 Å². The molecule has 0 saturated carbocycles. The maximum atomic E-state index is 14.2. The largest absolute Gasteiger partial charge is 0.497 e. The summed E-state index contributed by atoms with van der Waals surface area (Å²) in [6, 6.07) is 25.5. The number of nitrogens with one attached hydrogen (secondary N) is 3. The van der Waals surface area contributed by atoms with Gasteiger partial charge in [-0.1, -0.05) is 48.9 Å². The number of benzene rings is 5. The second-order valence-corrected chi connectivity index (χ2v) is 24.3. The van der Waals surface area contributed by atoms with E-state index in [4.69, 9.17) is 47.9 Å². The van der Waals surface area contributed by atoms with Crippen molar-refractivity contribution in [3.05, 3.63) is 149 Å². The number of carboxylic acid groups (broad SMARTS) is 1. The highest BCUT2D eigenvalue weighted by Gasteiger charge is 2.48. The number of imide groups is 1. The summed E-state index contributed by atoms with van der Waals surface area (Å²) in [4.78, 5) is 116. The summed E-state index contributed by atoms with van der Waals surface area (Å²) < 4.78 is 45.6. The third kappa shape index (κ3) is 16.6. The molecule has 0 spiro atoms. The maximum Gasteiger partial charge on any atom is 0.407 e. The first-order chi connectivity index (χ1) is 48.4. The van der Waals surface area contributed by atoms with Crippen molar-refractivity contribution in [3.63, 3.8) is 0 Å². The summed E-state index contributed by atoms with van der Waals surface area (Å²) in [5.74, 6) is -1.43. The zero-order valence-electron chi connectivity index (χ0n) is 55.0. The maximum absolute atomic E-state index is 14.2. The average Bonchev–Trinajstić information content (AvgIpc) is 1.61. The van der Waals surface area contributed by atoms with Gasteiger partial charge in [0.15, 0.2) is 29.1 Å². The lowest BCUT2D eigenvalue weighted by Crippen LogP contribution is -2.61. The number of carbonyl (C=O) groups excluding carboxylic acids is 7. The topological polar surface area (TPSA) is 362 Å². The molecule has 0 bridgehead atoms. The van der Waals surface area contributed by atoms with E-state index in [0.717, 1.165) is 44.9 Å². The number of alkyl carbamates (subject to hydrolysis) is 1. The zero-order valence-corrected chi connectivity index (χ0v) is 55.0. The van der Waals surface area contributed by atoms with Gasteiger partial charge in [-0.15, -0.1) is 0 Å². The third-order valence-corrected chi connectivity index (χ3v) is 17.6. The number of anilines is 1. The first-order valence-electron chi connectivity index (χ1n) is 32.7. The minimum atomic E-state index is -1.99. The SMILES string of the molecule is COc1ccc(C2=CN3C(=O)c4cc(OC)c(OCCCCCOc5cc6c(cc5OC)C(=O)N5C=C(c7ccc(CNC(=O)OCc8ccc(O[C@@H]9O[C@H](C(=O)O)[C@@H](O)[C@H](O)[C@H]9O)c(NC(=O)CCNC(=O)CCCCCN9C(=O)C=CC9=O)c8)cc7)C[C@H]5C=N6)cc4N=C[C@@H]3C2)cc1. The van der Waals surface area contributed by atoms with Gasteiger partial charge in [0.2, 0.25) is 18.1 Å². The van der Waals surface area contributed by atoms with Gasteiger partial charge in [-0.3, -0.25) is 43.7 Å². The number of nitrogens with zero attached hydrogens (tertiary/aromatic N) is 5. The van der Waals surface area contributed by atoms with E-state index < -0.39 is 48.7 Å². The molecule has 11 rings (SSSR count). The van der Waals surface area contributed by atoms with Gasteiger partial charge in [0.1, 0.15) is 36.4 Å². The standard InChI is InChI=1S/C72H76N8O20/c1-93-49-18-16-44(17-19-49)46-30-48-37-75-53-34-59(57(95-3)32-51(53)69(89)80(48)39-46)97-27-9-5-8-26-96-58-33-52-50(31-56(58)94-2)68(88)79-38-45(29-47(79)36-74-52)43-14-11-41(12-15-43)35-76-72(92)98-40-42-13-20-55(99-71-66(87)64(85)65(86)67(100-71)70(90)91)54(28-42)77-61(82)23-24-73-60(81)10-6-4-7-25-78-62(83)21-22-63(78)84/h11-22,28,31-34,36-39,47-48,64-67,71,85-87H,4-10,23-27,29-30,35,40H2,1-3H3,(H,73,81)(H,76,92)(H,77,82)(H,90,91)/t47-,48-,64-,65-,66+,67-,71+/m0/s1. The molecular weight excluding hydrogens is 1300 g/mol. The molecule has 0 radical (unpaired) electrons. The quantitative estimate of drug-likeness (QED) is 0.0181. The molecule has 6 aliphatic heterocycles. The number of unbranched alkanes of at least 4 members (excludes halogenated alkanes) is 4. The molecule has 0 aromatic heterocycles. The number of aliphatic carboxylic acids is 1. The van der Waals surface area contributed by atoms with Crippen LogP contribution in [0.3, 0.4) is 0 Å². The first-order valence-corrected chi connectivity index (χ1v) is 32.7. The average molecular weight is 1370 g/mol. The van der Waals surface area contributed by atoms with Gasteiger partial charge in [-0.2, -0.15) is 0 Å². The number of carboxylic acids is 1. The molecule has 28 nitrogen and oxygen atoms in total. The number of fused-ring (bicyclic) bond motifs is 4. The van der Waals surface area contributed by atoms with Crippen LogP contribution in [-0.2, 0) is 46.6 Å². The zero-order chi connectivity index (χ0) is 70.6. The molecule has 100 heavy (non-hydrogen) atoms. The van der Waals surface area contributed by atoms with Crippen LogP contribution in [0.25, 0.3) is 11.1 Å². The van der Waals surface area contributed by atoms with E-state index in [1.807, 2.05) is 60.9 Å². The number of aliphatic imine (C=N–C) groups is 2. The van der Waals surface area contributed by atoms with Crippen LogP contribution in [0.5, 0.6) is 34.5 Å². The Labute approximate surface area is 574 Å². The van der Waals surface area contributed by atoms with E-state index >= 15 is 0 Å². The highest BCUT2D eigenvalue weighted by molar-refractivity contribution is 6.13. The molecule has 0 unspecified atom stereocenters. The fourth-order valence-electron chi connectivity index (χ4n) is 12.0. The number of hydrogen-bond acceptors (Lipinski definition) is 21. The number of carbonyl (C=O) groups is 8. The Morgan fingerprint density at radius 3 is 1.73 bits per heavy atom. The van der Waals surface area contributed by atoms with Crippen LogP contribution in [0.4, 0.5) is 21.9 Å². The molecule has 7 N–H and O–H groups in total. The second-order valence-electron chi connectivity index (χ2n) is 24.3. The van der Waals surface area contributed by atoms with Crippen molar-refractivity contribution in [2.45, 2.75) is 120 Å².